The van der Waals surface area contributed by atoms with Gasteiger partial charge in [0.2, 0.25) is 0 Å². The van der Waals surface area contributed by atoms with E-state index < -0.39 is 9.85 Å². The predicted molar refractivity (Wildman–Crippen MR) is 120 cm³/mol. The van der Waals surface area contributed by atoms with Gasteiger partial charge in [0.05, 0.1) is 26.5 Å². The number of ether oxygens (including phenoxy) is 1. The molecule has 0 amide bonds. The van der Waals surface area contributed by atoms with E-state index in [4.69, 9.17) is 27.9 Å². The normalized spacial score (nSPS) is 11.0. The topological polar surface area (TPSA) is 119 Å². The summed E-state index contributed by atoms with van der Waals surface area (Å²) in [7, 11) is 0. The van der Waals surface area contributed by atoms with Crippen LogP contribution in [0.25, 0.3) is 11.6 Å². The number of nitro groups is 2. The summed E-state index contributed by atoms with van der Waals surface area (Å²) in [6.07, 6.45) is 1.52. The number of halogens is 2. The van der Waals surface area contributed by atoms with Crippen LogP contribution < -0.4 is 4.74 Å². The minimum absolute atomic E-state index is 0.0383. The molecule has 10 heteroatoms. The van der Waals surface area contributed by atoms with Crippen LogP contribution in [0.3, 0.4) is 0 Å². The number of non-ortho nitro benzene ring substituents is 2. The van der Waals surface area contributed by atoms with Gasteiger partial charge in [-0.05, 0) is 53.6 Å². The van der Waals surface area contributed by atoms with Gasteiger partial charge < -0.3 is 4.74 Å². The van der Waals surface area contributed by atoms with Gasteiger partial charge in [0.15, 0.2) is 0 Å². The molecule has 0 radical (unpaired) electrons. The maximum absolute atomic E-state index is 10.8. The molecule has 3 aromatic rings. The highest BCUT2D eigenvalue weighted by molar-refractivity contribution is 6.36. The zero-order valence-electron chi connectivity index (χ0n) is 16.2. The first-order chi connectivity index (χ1) is 15.3. The van der Waals surface area contributed by atoms with Crippen molar-refractivity contribution >= 4 is 46.2 Å². The van der Waals surface area contributed by atoms with E-state index in [9.17, 15) is 25.5 Å². The van der Waals surface area contributed by atoms with Crippen LogP contribution in [0.1, 0.15) is 16.7 Å². The Morgan fingerprint density at radius 3 is 2.06 bits per heavy atom. The highest BCUT2D eigenvalue weighted by Gasteiger charge is 2.13. The number of rotatable bonds is 7. The van der Waals surface area contributed by atoms with Crippen molar-refractivity contribution in [2.45, 2.75) is 6.61 Å². The summed E-state index contributed by atoms with van der Waals surface area (Å²) in [6, 6.07) is 16.5. The van der Waals surface area contributed by atoms with Crippen molar-refractivity contribution < 1.29 is 14.6 Å². The minimum Gasteiger partial charge on any atom is -0.487 e. The Labute approximate surface area is 192 Å². The van der Waals surface area contributed by atoms with Crippen LogP contribution in [0.15, 0.2) is 60.7 Å². The number of allylic oxidation sites excluding steroid dienone is 1. The first-order valence-electron chi connectivity index (χ1n) is 9.00. The lowest BCUT2D eigenvalue weighted by Gasteiger charge is -2.13. The van der Waals surface area contributed by atoms with E-state index in [2.05, 4.69) is 6.07 Å². The Bertz CT molecular complexity index is 1250. The SMILES string of the molecule is N#C/C(=C\c1cc(Cl)cc(Cl)c1OCc1ccc([N+](=O)[O-])cc1)c1ccc([N+](=O)[O-])cc1. The monoisotopic (exact) mass is 469 g/mol. The fraction of sp³-hybridized carbons (Fsp3) is 0.0455. The molecule has 0 spiro atoms. The highest BCUT2D eigenvalue weighted by atomic mass is 35.5. The van der Waals surface area contributed by atoms with Crippen LogP contribution in [-0.2, 0) is 6.61 Å². The minimum atomic E-state index is -0.527. The Balaban J connectivity index is 1.92. The van der Waals surface area contributed by atoms with Crippen LogP contribution in [0.4, 0.5) is 11.4 Å². The molecular formula is C22H13Cl2N3O5. The summed E-state index contributed by atoms with van der Waals surface area (Å²) in [5, 5.41) is 31.8. The smallest absolute Gasteiger partial charge is 0.269 e. The van der Waals surface area contributed by atoms with Crippen LogP contribution >= 0.6 is 23.2 Å². The van der Waals surface area contributed by atoms with Crippen molar-refractivity contribution in [1.29, 1.82) is 5.26 Å². The molecular weight excluding hydrogens is 457 g/mol. The maximum Gasteiger partial charge on any atom is 0.269 e. The van der Waals surface area contributed by atoms with E-state index in [1.165, 1.54) is 48.5 Å². The molecule has 8 nitrogen and oxygen atoms in total. The third kappa shape index (κ3) is 5.40. The Morgan fingerprint density at radius 2 is 1.53 bits per heavy atom. The molecule has 0 bridgehead atoms. The van der Waals surface area contributed by atoms with E-state index in [0.29, 0.717) is 21.7 Å². The zero-order chi connectivity index (χ0) is 23.3. The molecule has 3 aromatic carbocycles. The molecule has 0 N–H and O–H groups in total. The van der Waals surface area contributed by atoms with E-state index in [-0.39, 0.29) is 34.3 Å². The van der Waals surface area contributed by atoms with Gasteiger partial charge in [0.25, 0.3) is 11.4 Å². The van der Waals surface area contributed by atoms with Gasteiger partial charge in [0, 0.05) is 34.9 Å². The average molecular weight is 470 g/mol. The van der Waals surface area contributed by atoms with E-state index in [1.807, 2.05) is 0 Å². The standard InChI is InChI=1S/C22H13Cl2N3O5/c23-18-10-16(9-17(12-25)15-3-7-20(8-4-15)27(30)31)22(21(24)11-18)32-13-14-1-5-19(6-2-14)26(28)29/h1-11H,13H2/b17-9+. The summed E-state index contributed by atoms with van der Waals surface area (Å²) in [4.78, 5) is 20.6. The molecule has 0 aliphatic heterocycles. The fourth-order valence-electron chi connectivity index (χ4n) is 2.81. The average Bonchev–Trinajstić information content (AvgIpc) is 2.77. The first kappa shape index (κ1) is 22.7. The van der Waals surface area contributed by atoms with Gasteiger partial charge in [-0.3, -0.25) is 20.2 Å². The lowest BCUT2D eigenvalue weighted by atomic mass is 10.0. The zero-order valence-corrected chi connectivity index (χ0v) is 17.7. The molecule has 160 valence electrons. The number of nitriles is 1. The number of benzene rings is 3. The number of hydrogen-bond acceptors (Lipinski definition) is 6. The van der Waals surface area contributed by atoms with Crippen LogP contribution in [-0.4, -0.2) is 9.85 Å². The van der Waals surface area contributed by atoms with Crippen molar-refractivity contribution in [2.24, 2.45) is 0 Å². The van der Waals surface area contributed by atoms with E-state index in [0.717, 1.165) is 0 Å². The van der Waals surface area contributed by atoms with Crippen molar-refractivity contribution in [3.05, 3.63) is 108 Å². The van der Waals surface area contributed by atoms with Crippen LogP contribution in [0.2, 0.25) is 10.0 Å². The molecule has 0 atom stereocenters. The summed E-state index contributed by atoms with van der Waals surface area (Å²) >= 11 is 12.4. The molecule has 3 rings (SSSR count). The van der Waals surface area contributed by atoms with Crippen LogP contribution in [0, 0.1) is 31.6 Å². The second-order valence-corrected chi connectivity index (χ2v) is 7.34. The van der Waals surface area contributed by atoms with Crippen molar-refractivity contribution in [3.8, 4) is 11.8 Å². The largest absolute Gasteiger partial charge is 0.487 e. The molecule has 0 aliphatic rings. The molecule has 0 saturated carbocycles. The van der Waals surface area contributed by atoms with E-state index in [1.54, 1.807) is 18.2 Å². The van der Waals surface area contributed by atoms with Gasteiger partial charge in [0.1, 0.15) is 12.4 Å². The number of hydrogen-bond donors (Lipinski definition) is 0. The predicted octanol–water partition coefficient (Wildman–Crippen LogP) is 6.45. The molecule has 0 saturated heterocycles. The second-order valence-electron chi connectivity index (χ2n) is 6.49. The van der Waals surface area contributed by atoms with Gasteiger partial charge in [-0.15, -0.1) is 0 Å². The van der Waals surface area contributed by atoms with Gasteiger partial charge >= 0.3 is 0 Å². The molecule has 0 unspecified atom stereocenters. The molecule has 0 aromatic heterocycles. The Hall–Kier alpha value is -3.93. The highest BCUT2D eigenvalue weighted by Crippen LogP contribution is 2.35. The third-order valence-electron chi connectivity index (χ3n) is 4.38. The molecule has 0 fully saturated rings. The Kier molecular flexibility index (Phi) is 7.05. The quantitative estimate of drug-likeness (QED) is 0.169. The third-order valence-corrected chi connectivity index (χ3v) is 4.88. The number of nitro benzene ring substituents is 2. The van der Waals surface area contributed by atoms with Gasteiger partial charge in [-0.1, -0.05) is 23.2 Å². The van der Waals surface area contributed by atoms with Gasteiger partial charge in [-0.25, -0.2) is 0 Å². The fourth-order valence-corrected chi connectivity index (χ4v) is 3.37. The molecule has 0 aliphatic carbocycles. The summed E-state index contributed by atoms with van der Waals surface area (Å²) in [6.45, 7) is 0.0691. The van der Waals surface area contributed by atoms with Gasteiger partial charge in [-0.2, -0.15) is 5.26 Å². The van der Waals surface area contributed by atoms with Crippen molar-refractivity contribution in [2.75, 3.05) is 0 Å². The lowest BCUT2D eigenvalue weighted by Crippen LogP contribution is -1.99. The molecule has 0 heterocycles. The van der Waals surface area contributed by atoms with Crippen LogP contribution in [0.5, 0.6) is 5.75 Å². The maximum atomic E-state index is 10.8. The summed E-state index contributed by atoms with van der Waals surface area (Å²) in [5.41, 5.74) is 1.66. The van der Waals surface area contributed by atoms with Crippen molar-refractivity contribution in [1.82, 2.24) is 0 Å². The summed E-state index contributed by atoms with van der Waals surface area (Å²) in [5.74, 6) is 0.268. The number of nitrogens with zero attached hydrogens (tertiary/aromatic N) is 3. The lowest BCUT2D eigenvalue weighted by molar-refractivity contribution is -0.385. The summed E-state index contributed by atoms with van der Waals surface area (Å²) < 4.78 is 5.84. The molecule has 32 heavy (non-hydrogen) atoms. The van der Waals surface area contributed by atoms with E-state index >= 15 is 0 Å². The van der Waals surface area contributed by atoms with Crippen molar-refractivity contribution in [3.63, 3.8) is 0 Å². The first-order valence-corrected chi connectivity index (χ1v) is 9.76. The second kappa shape index (κ2) is 9.92. The Morgan fingerprint density at radius 1 is 0.969 bits per heavy atom.